The Labute approximate surface area is 196 Å². The van der Waals surface area contributed by atoms with E-state index in [0.717, 1.165) is 44.4 Å². The highest BCUT2D eigenvalue weighted by atomic mass is 16.5. The van der Waals surface area contributed by atoms with Gasteiger partial charge in [-0.15, -0.1) is 0 Å². The molecule has 4 aliphatic carbocycles. The first kappa shape index (κ1) is 24.0. The van der Waals surface area contributed by atoms with E-state index in [0.29, 0.717) is 24.0 Å². The summed E-state index contributed by atoms with van der Waals surface area (Å²) >= 11 is 0. The first-order valence-electron chi connectivity index (χ1n) is 13.8. The molecule has 0 aromatic heterocycles. The number of unbranched alkanes of at least 4 members (excludes halogenated alkanes) is 6. The molecule has 0 bridgehead atoms. The largest absolute Gasteiger partial charge is 0.462 e. The average molecular weight is 443 g/mol. The van der Waals surface area contributed by atoms with Crippen LogP contribution < -0.4 is 0 Å². The van der Waals surface area contributed by atoms with Crippen LogP contribution in [-0.4, -0.2) is 17.9 Å². The topological polar surface area (TPSA) is 43.4 Å². The van der Waals surface area contributed by atoms with E-state index in [-0.39, 0.29) is 22.9 Å². The van der Waals surface area contributed by atoms with Gasteiger partial charge in [0.15, 0.2) is 5.78 Å². The van der Waals surface area contributed by atoms with E-state index in [4.69, 9.17) is 4.74 Å². The third-order valence-corrected chi connectivity index (χ3v) is 10.1. The van der Waals surface area contributed by atoms with E-state index in [1.165, 1.54) is 63.4 Å². The molecule has 4 aliphatic rings. The van der Waals surface area contributed by atoms with Crippen LogP contribution in [0.3, 0.4) is 0 Å². The van der Waals surface area contributed by atoms with Gasteiger partial charge in [0.1, 0.15) is 6.10 Å². The number of ketones is 1. The first-order valence-corrected chi connectivity index (χ1v) is 13.8. The molecule has 0 heterocycles. The Bertz CT molecular complexity index is 724. The molecule has 0 N–H and O–H groups in total. The van der Waals surface area contributed by atoms with Gasteiger partial charge in [-0.3, -0.25) is 9.59 Å². The molecule has 0 aromatic carbocycles. The zero-order chi connectivity index (χ0) is 22.8. The van der Waals surface area contributed by atoms with Crippen molar-refractivity contribution < 1.29 is 14.3 Å². The van der Waals surface area contributed by atoms with Gasteiger partial charge in [0.05, 0.1) is 0 Å². The lowest BCUT2D eigenvalue weighted by Gasteiger charge is -2.57. The van der Waals surface area contributed by atoms with Gasteiger partial charge in [-0.25, -0.2) is 0 Å². The Morgan fingerprint density at radius 3 is 2.47 bits per heavy atom. The number of carbonyl (C=O) groups is 2. The molecular weight excluding hydrogens is 396 g/mol. The molecule has 3 nitrogen and oxygen atoms in total. The molecule has 0 unspecified atom stereocenters. The lowest BCUT2D eigenvalue weighted by atomic mass is 9.47. The fraction of sp³-hybridized carbons (Fsp3) is 0.862. The highest BCUT2D eigenvalue weighted by Gasteiger charge is 2.59. The number of carbonyl (C=O) groups excluding carboxylic acids is 2. The van der Waals surface area contributed by atoms with Crippen molar-refractivity contribution in [2.75, 3.05) is 0 Å². The molecule has 3 saturated carbocycles. The number of allylic oxidation sites excluding steroid dienone is 1. The van der Waals surface area contributed by atoms with Crippen molar-refractivity contribution in [1.82, 2.24) is 0 Å². The van der Waals surface area contributed by atoms with Crippen molar-refractivity contribution >= 4 is 11.8 Å². The van der Waals surface area contributed by atoms with Crippen LogP contribution in [0.4, 0.5) is 0 Å². The maximum atomic E-state index is 12.6. The fourth-order valence-electron chi connectivity index (χ4n) is 8.15. The molecule has 0 radical (unpaired) electrons. The van der Waals surface area contributed by atoms with E-state index in [1.807, 2.05) is 6.08 Å². The van der Waals surface area contributed by atoms with E-state index in [9.17, 15) is 9.59 Å². The van der Waals surface area contributed by atoms with Crippen molar-refractivity contribution in [1.29, 1.82) is 0 Å². The summed E-state index contributed by atoms with van der Waals surface area (Å²) in [5.41, 5.74) is 1.82. The average Bonchev–Trinajstić information content (AvgIpc) is 3.10. The summed E-state index contributed by atoms with van der Waals surface area (Å²) in [6.45, 7) is 7.11. The Morgan fingerprint density at radius 1 is 0.938 bits per heavy atom. The summed E-state index contributed by atoms with van der Waals surface area (Å²) in [7, 11) is 0. The summed E-state index contributed by atoms with van der Waals surface area (Å²) < 4.78 is 6.16. The number of fused-ring (bicyclic) bond motifs is 5. The second-order valence-electron chi connectivity index (χ2n) is 11.9. The highest BCUT2D eigenvalue weighted by Crippen LogP contribution is 2.65. The number of hydrogen-bond acceptors (Lipinski definition) is 3. The summed E-state index contributed by atoms with van der Waals surface area (Å²) in [4.78, 5) is 24.7. The lowest BCUT2D eigenvalue weighted by Crippen LogP contribution is -2.51. The van der Waals surface area contributed by atoms with Crippen molar-refractivity contribution in [3.63, 3.8) is 0 Å². The third-order valence-electron chi connectivity index (χ3n) is 10.1. The quantitative estimate of drug-likeness (QED) is 0.273. The normalized spacial score (nSPS) is 38.5. The van der Waals surface area contributed by atoms with Gasteiger partial charge in [0.2, 0.25) is 0 Å². The number of hydrogen-bond donors (Lipinski definition) is 0. The SMILES string of the molecule is CCCCCCCCCC(=O)O[C@@H]1CC[C@@H]2[C@H]3CCC4=CC(=O)CC[C@@]4(C)[C@H]3CC[C@@]21C. The van der Waals surface area contributed by atoms with Crippen LogP contribution in [0, 0.1) is 28.6 Å². The van der Waals surface area contributed by atoms with Crippen LogP contribution in [0.2, 0.25) is 0 Å². The van der Waals surface area contributed by atoms with Gasteiger partial charge in [-0.2, -0.15) is 0 Å². The molecule has 0 aliphatic heterocycles. The first-order chi connectivity index (χ1) is 15.4. The predicted octanol–water partition coefficient (Wildman–Crippen LogP) is 7.57. The minimum absolute atomic E-state index is 0.0409. The van der Waals surface area contributed by atoms with Crippen molar-refractivity contribution in [2.45, 2.75) is 130 Å². The van der Waals surface area contributed by atoms with Crippen LogP contribution in [0.1, 0.15) is 124 Å². The molecule has 4 rings (SSSR count). The minimum atomic E-state index is 0.0409. The second-order valence-corrected chi connectivity index (χ2v) is 11.9. The smallest absolute Gasteiger partial charge is 0.306 e. The lowest BCUT2D eigenvalue weighted by molar-refractivity contribution is -0.160. The van der Waals surface area contributed by atoms with Crippen LogP contribution in [0.25, 0.3) is 0 Å². The van der Waals surface area contributed by atoms with Crippen LogP contribution in [-0.2, 0) is 14.3 Å². The van der Waals surface area contributed by atoms with Gasteiger partial charge in [0.25, 0.3) is 0 Å². The third kappa shape index (κ3) is 4.60. The van der Waals surface area contributed by atoms with E-state index < -0.39 is 0 Å². The molecular formula is C29H46O3. The number of esters is 1. The molecule has 32 heavy (non-hydrogen) atoms. The molecule has 0 saturated heterocycles. The Kier molecular flexibility index (Phi) is 7.52. The molecule has 6 atom stereocenters. The van der Waals surface area contributed by atoms with Crippen LogP contribution in [0.5, 0.6) is 0 Å². The minimum Gasteiger partial charge on any atom is -0.462 e. The van der Waals surface area contributed by atoms with Gasteiger partial charge in [-0.1, -0.05) is 64.9 Å². The fourth-order valence-corrected chi connectivity index (χ4v) is 8.15. The van der Waals surface area contributed by atoms with E-state index in [1.54, 1.807) is 0 Å². The zero-order valence-corrected chi connectivity index (χ0v) is 20.9. The molecule has 3 heteroatoms. The summed E-state index contributed by atoms with van der Waals surface area (Å²) in [5.74, 6) is 2.49. The van der Waals surface area contributed by atoms with Crippen molar-refractivity contribution in [3.8, 4) is 0 Å². The number of ether oxygens (including phenoxy) is 1. The van der Waals surface area contributed by atoms with Crippen LogP contribution in [0.15, 0.2) is 11.6 Å². The predicted molar refractivity (Wildman–Crippen MR) is 129 cm³/mol. The summed E-state index contributed by atoms with van der Waals surface area (Å²) in [5, 5.41) is 0. The van der Waals surface area contributed by atoms with Gasteiger partial charge < -0.3 is 4.74 Å². The van der Waals surface area contributed by atoms with Crippen molar-refractivity contribution in [3.05, 3.63) is 11.6 Å². The zero-order valence-electron chi connectivity index (χ0n) is 20.9. The molecule has 0 aromatic rings. The number of rotatable bonds is 9. The van der Waals surface area contributed by atoms with Crippen LogP contribution >= 0.6 is 0 Å². The molecule has 180 valence electrons. The van der Waals surface area contributed by atoms with Crippen molar-refractivity contribution in [2.24, 2.45) is 28.6 Å². The standard InChI is InChI=1S/C29H46O3/c1-4-5-6-7-8-9-10-11-27(31)32-26-15-14-24-23-13-12-21-20-22(30)16-18-28(21,2)25(23)17-19-29(24,26)3/h20,23-26H,4-19H2,1-3H3/t23-,24-,25+,26-,28-,29+/m1/s1. The maximum absolute atomic E-state index is 12.6. The Balaban J connectivity index is 1.31. The molecule has 0 amide bonds. The van der Waals surface area contributed by atoms with Gasteiger partial charge >= 0.3 is 5.97 Å². The highest BCUT2D eigenvalue weighted by molar-refractivity contribution is 5.91. The van der Waals surface area contributed by atoms with E-state index in [2.05, 4.69) is 20.8 Å². The Hall–Kier alpha value is -1.12. The summed E-state index contributed by atoms with van der Waals surface area (Å²) in [6, 6.07) is 0. The molecule has 0 spiro atoms. The summed E-state index contributed by atoms with van der Waals surface area (Å²) in [6.07, 6.45) is 20.1. The monoisotopic (exact) mass is 442 g/mol. The Morgan fingerprint density at radius 2 is 1.69 bits per heavy atom. The van der Waals surface area contributed by atoms with Gasteiger partial charge in [0, 0.05) is 18.3 Å². The van der Waals surface area contributed by atoms with E-state index >= 15 is 0 Å². The molecule has 3 fully saturated rings. The maximum Gasteiger partial charge on any atom is 0.306 e. The second kappa shape index (κ2) is 10.0. The van der Waals surface area contributed by atoms with Gasteiger partial charge in [-0.05, 0) is 80.6 Å².